The number of aromatic nitrogens is 2. The van der Waals surface area contributed by atoms with E-state index in [4.69, 9.17) is 4.74 Å². The van der Waals surface area contributed by atoms with Crippen molar-refractivity contribution in [2.45, 2.75) is 33.0 Å². The van der Waals surface area contributed by atoms with Crippen LogP contribution in [0.1, 0.15) is 31.1 Å². The summed E-state index contributed by atoms with van der Waals surface area (Å²) in [6.45, 7) is 6.43. The molecule has 0 fully saturated rings. The molecule has 0 aliphatic carbocycles. The van der Waals surface area contributed by atoms with Gasteiger partial charge in [0.05, 0.1) is 17.9 Å². The van der Waals surface area contributed by atoms with Gasteiger partial charge in [-0.15, -0.1) is 0 Å². The molecular weight excluding hydrogens is 338 g/mol. The zero-order valence-corrected chi connectivity index (χ0v) is 15.9. The Morgan fingerprint density at radius 1 is 1.04 bits per heavy atom. The summed E-state index contributed by atoms with van der Waals surface area (Å²) >= 11 is 0. The summed E-state index contributed by atoms with van der Waals surface area (Å²) in [6, 6.07) is 17.5. The molecule has 0 amide bonds. The van der Waals surface area contributed by atoms with Crippen molar-refractivity contribution in [2.75, 3.05) is 11.9 Å². The highest BCUT2D eigenvalue weighted by atomic mass is 16.5. The molecule has 0 aliphatic rings. The first-order chi connectivity index (χ1) is 13.0. The normalized spacial score (nSPS) is 12.0. The molecule has 3 aromatic rings. The number of aryl methyl sites for hydroxylation is 1. The van der Waals surface area contributed by atoms with Crippen molar-refractivity contribution in [3.8, 4) is 17.0 Å². The third-order valence-corrected chi connectivity index (χ3v) is 4.16. The van der Waals surface area contributed by atoms with Gasteiger partial charge in [-0.3, -0.25) is 0 Å². The van der Waals surface area contributed by atoms with Crippen LogP contribution >= 0.6 is 0 Å². The van der Waals surface area contributed by atoms with E-state index in [0.717, 1.165) is 28.1 Å². The van der Waals surface area contributed by atoms with Crippen LogP contribution in [0.3, 0.4) is 0 Å². The number of aliphatic hydroxyl groups is 1. The molecular formula is C22H25N3O2. The molecule has 1 heterocycles. The standard InChI is InChI=1S/C22H25N3O2/c1-15(2)27-21-10-9-18(11-16(21)3)19-12-22(25-14-24-19)23-13-20(26)17-7-5-4-6-8-17/h4-12,14-15,20,26H,13H2,1-3H3,(H,23,24,25)/t20-/m0/s1. The average molecular weight is 363 g/mol. The fraction of sp³-hybridized carbons (Fsp3) is 0.273. The monoisotopic (exact) mass is 363 g/mol. The van der Waals surface area contributed by atoms with Gasteiger partial charge in [-0.05, 0) is 50.1 Å². The van der Waals surface area contributed by atoms with Crippen molar-refractivity contribution in [3.63, 3.8) is 0 Å². The number of benzene rings is 2. The fourth-order valence-corrected chi connectivity index (χ4v) is 2.80. The van der Waals surface area contributed by atoms with Gasteiger partial charge >= 0.3 is 0 Å². The molecule has 5 nitrogen and oxygen atoms in total. The van der Waals surface area contributed by atoms with Crippen LogP contribution in [0.15, 0.2) is 60.9 Å². The Morgan fingerprint density at radius 2 is 1.81 bits per heavy atom. The predicted octanol–water partition coefficient (Wildman–Crippen LogP) is 4.38. The summed E-state index contributed by atoms with van der Waals surface area (Å²) in [5, 5.41) is 13.5. The zero-order valence-electron chi connectivity index (χ0n) is 15.9. The van der Waals surface area contributed by atoms with Crippen LogP contribution in [0.5, 0.6) is 5.75 Å². The third-order valence-electron chi connectivity index (χ3n) is 4.16. The molecule has 27 heavy (non-hydrogen) atoms. The molecule has 0 bridgehead atoms. The van der Waals surface area contributed by atoms with E-state index in [-0.39, 0.29) is 6.10 Å². The highest BCUT2D eigenvalue weighted by Crippen LogP contribution is 2.26. The Balaban J connectivity index is 1.71. The van der Waals surface area contributed by atoms with Gasteiger partial charge in [0.2, 0.25) is 0 Å². The van der Waals surface area contributed by atoms with Crippen molar-refractivity contribution in [1.82, 2.24) is 9.97 Å². The molecule has 2 aromatic carbocycles. The highest BCUT2D eigenvalue weighted by molar-refractivity contribution is 5.64. The maximum Gasteiger partial charge on any atom is 0.130 e. The first-order valence-corrected chi connectivity index (χ1v) is 9.09. The lowest BCUT2D eigenvalue weighted by Gasteiger charge is -2.14. The summed E-state index contributed by atoms with van der Waals surface area (Å²) in [6.07, 6.45) is 1.07. The van der Waals surface area contributed by atoms with Gasteiger partial charge < -0.3 is 15.2 Å². The molecule has 0 saturated heterocycles. The molecule has 0 unspecified atom stereocenters. The van der Waals surface area contributed by atoms with Crippen LogP contribution in [0.2, 0.25) is 0 Å². The van der Waals surface area contributed by atoms with E-state index in [2.05, 4.69) is 21.4 Å². The van der Waals surface area contributed by atoms with Crippen LogP contribution in [-0.2, 0) is 0 Å². The van der Waals surface area contributed by atoms with Crippen molar-refractivity contribution in [2.24, 2.45) is 0 Å². The fourth-order valence-electron chi connectivity index (χ4n) is 2.80. The van der Waals surface area contributed by atoms with Crippen molar-refractivity contribution < 1.29 is 9.84 Å². The summed E-state index contributed by atoms with van der Waals surface area (Å²) < 4.78 is 5.79. The lowest BCUT2D eigenvalue weighted by atomic mass is 10.1. The van der Waals surface area contributed by atoms with Crippen LogP contribution in [-0.4, -0.2) is 27.7 Å². The average Bonchev–Trinajstić information content (AvgIpc) is 2.68. The zero-order chi connectivity index (χ0) is 19.2. The first kappa shape index (κ1) is 18.9. The summed E-state index contributed by atoms with van der Waals surface area (Å²) in [7, 11) is 0. The minimum atomic E-state index is -0.598. The van der Waals surface area contributed by atoms with Gasteiger partial charge in [-0.1, -0.05) is 30.3 Å². The predicted molar refractivity (Wildman–Crippen MR) is 108 cm³/mol. The van der Waals surface area contributed by atoms with Crippen molar-refractivity contribution in [1.29, 1.82) is 0 Å². The minimum Gasteiger partial charge on any atom is -0.491 e. The van der Waals surface area contributed by atoms with Gasteiger partial charge in [0, 0.05) is 18.2 Å². The van der Waals surface area contributed by atoms with Gasteiger partial charge in [0.25, 0.3) is 0 Å². The molecule has 5 heteroatoms. The minimum absolute atomic E-state index is 0.139. The second-order valence-electron chi connectivity index (χ2n) is 6.74. The third kappa shape index (κ3) is 5.05. The number of hydrogen-bond acceptors (Lipinski definition) is 5. The number of anilines is 1. The molecule has 0 spiro atoms. The van der Waals surface area contributed by atoms with Gasteiger partial charge in [-0.2, -0.15) is 0 Å². The van der Waals surface area contributed by atoms with E-state index in [1.165, 1.54) is 6.33 Å². The summed E-state index contributed by atoms with van der Waals surface area (Å²) in [5.41, 5.74) is 3.75. The van der Waals surface area contributed by atoms with Crippen LogP contribution in [0, 0.1) is 6.92 Å². The lowest BCUT2D eigenvalue weighted by molar-refractivity contribution is 0.191. The van der Waals surface area contributed by atoms with Crippen molar-refractivity contribution in [3.05, 3.63) is 72.1 Å². The second kappa shape index (κ2) is 8.64. The van der Waals surface area contributed by atoms with E-state index in [1.54, 1.807) is 0 Å². The molecule has 0 saturated carbocycles. The number of hydrogen-bond donors (Lipinski definition) is 2. The number of rotatable bonds is 7. The van der Waals surface area contributed by atoms with Crippen LogP contribution < -0.4 is 10.1 Å². The van der Waals surface area contributed by atoms with E-state index in [9.17, 15) is 5.11 Å². The number of nitrogens with one attached hydrogen (secondary N) is 1. The smallest absolute Gasteiger partial charge is 0.130 e. The molecule has 0 radical (unpaired) electrons. The largest absolute Gasteiger partial charge is 0.491 e. The summed E-state index contributed by atoms with van der Waals surface area (Å²) in [4.78, 5) is 8.62. The maximum absolute atomic E-state index is 10.3. The Hall–Kier alpha value is -2.92. The van der Waals surface area contributed by atoms with Gasteiger partial charge in [-0.25, -0.2) is 9.97 Å². The molecule has 1 atom stereocenters. The molecule has 140 valence electrons. The van der Waals surface area contributed by atoms with E-state index < -0.39 is 6.10 Å². The Bertz CT molecular complexity index is 882. The maximum atomic E-state index is 10.3. The Labute approximate surface area is 160 Å². The first-order valence-electron chi connectivity index (χ1n) is 9.09. The number of nitrogens with zero attached hydrogens (tertiary/aromatic N) is 2. The highest BCUT2D eigenvalue weighted by Gasteiger charge is 2.09. The topological polar surface area (TPSA) is 67.3 Å². The Kier molecular flexibility index (Phi) is 6.04. The van der Waals surface area contributed by atoms with E-state index in [1.807, 2.05) is 69.3 Å². The SMILES string of the molecule is Cc1cc(-c2cc(NC[C@H](O)c3ccccc3)ncn2)ccc1OC(C)C. The van der Waals surface area contributed by atoms with Crippen LogP contribution in [0.4, 0.5) is 5.82 Å². The summed E-state index contributed by atoms with van der Waals surface area (Å²) in [5.74, 6) is 1.56. The Morgan fingerprint density at radius 3 is 2.52 bits per heavy atom. The lowest BCUT2D eigenvalue weighted by Crippen LogP contribution is -2.13. The van der Waals surface area contributed by atoms with Crippen LogP contribution in [0.25, 0.3) is 11.3 Å². The molecule has 0 aliphatic heterocycles. The number of aliphatic hydroxyl groups excluding tert-OH is 1. The van der Waals surface area contributed by atoms with Gasteiger partial charge in [0.15, 0.2) is 0 Å². The molecule has 2 N–H and O–H groups in total. The van der Waals surface area contributed by atoms with Gasteiger partial charge in [0.1, 0.15) is 17.9 Å². The quantitative estimate of drug-likeness (QED) is 0.652. The second-order valence-corrected chi connectivity index (χ2v) is 6.74. The molecule has 3 rings (SSSR count). The number of ether oxygens (including phenoxy) is 1. The van der Waals surface area contributed by atoms with E-state index >= 15 is 0 Å². The van der Waals surface area contributed by atoms with E-state index in [0.29, 0.717) is 12.4 Å². The van der Waals surface area contributed by atoms with Crippen molar-refractivity contribution >= 4 is 5.82 Å². The molecule has 1 aromatic heterocycles.